The highest BCUT2D eigenvalue weighted by Gasteiger charge is 2.26. The highest BCUT2D eigenvalue weighted by atomic mass is 16.5. The molecule has 1 fully saturated rings. The number of nitrogens with zero attached hydrogens (tertiary/aromatic N) is 2. The Bertz CT molecular complexity index is 720. The van der Waals surface area contributed by atoms with E-state index >= 15 is 0 Å². The van der Waals surface area contributed by atoms with Crippen molar-refractivity contribution in [3.8, 4) is 11.5 Å². The van der Waals surface area contributed by atoms with Gasteiger partial charge in [-0.15, -0.1) is 0 Å². The zero-order chi connectivity index (χ0) is 19.8. The predicted molar refractivity (Wildman–Crippen MR) is 112 cm³/mol. The summed E-state index contributed by atoms with van der Waals surface area (Å²) in [6.45, 7) is 7.73. The molecular formula is C23H32N2O3. The number of hydrogen-bond acceptors (Lipinski definition) is 5. The van der Waals surface area contributed by atoms with Gasteiger partial charge in [-0.25, -0.2) is 0 Å². The fraction of sp³-hybridized carbons (Fsp3) is 0.478. The van der Waals surface area contributed by atoms with Crippen LogP contribution in [0, 0.1) is 0 Å². The zero-order valence-corrected chi connectivity index (χ0v) is 17.0. The molecule has 1 unspecified atom stereocenters. The molecule has 5 nitrogen and oxygen atoms in total. The second kappa shape index (κ2) is 10.5. The van der Waals surface area contributed by atoms with Gasteiger partial charge in [0.05, 0.1) is 13.7 Å². The molecule has 0 aliphatic carbocycles. The Morgan fingerprint density at radius 2 is 1.82 bits per heavy atom. The van der Waals surface area contributed by atoms with Gasteiger partial charge in [-0.2, -0.15) is 0 Å². The van der Waals surface area contributed by atoms with E-state index in [0.29, 0.717) is 12.6 Å². The Balaban J connectivity index is 1.59. The molecule has 2 aromatic rings. The van der Waals surface area contributed by atoms with Crippen LogP contribution in [0.5, 0.6) is 11.5 Å². The summed E-state index contributed by atoms with van der Waals surface area (Å²) < 4.78 is 10.9. The molecular weight excluding hydrogens is 352 g/mol. The molecule has 1 atom stereocenters. The third-order valence-electron chi connectivity index (χ3n) is 5.31. The maximum Gasteiger partial charge on any atom is 0.119 e. The van der Waals surface area contributed by atoms with Gasteiger partial charge in [0.25, 0.3) is 0 Å². The van der Waals surface area contributed by atoms with Crippen molar-refractivity contribution in [2.24, 2.45) is 0 Å². The molecule has 1 saturated heterocycles. The summed E-state index contributed by atoms with van der Waals surface area (Å²) in [5.74, 6) is 1.82. The maximum atomic E-state index is 9.56. The van der Waals surface area contributed by atoms with Gasteiger partial charge < -0.3 is 14.6 Å². The minimum absolute atomic E-state index is 0.218. The van der Waals surface area contributed by atoms with E-state index in [1.165, 1.54) is 11.1 Å². The summed E-state index contributed by atoms with van der Waals surface area (Å²) in [4.78, 5) is 4.97. The number of methoxy groups -OCH3 is 1. The standard InChI is InChI=1S/C23H32N2O3/c1-3-28-22-9-7-19(8-10-22)16-24-12-13-25(21(18-24)11-14-26)17-20-5-4-6-23(15-20)27-2/h4-10,15,21,26H,3,11-14,16-18H2,1-2H3. The lowest BCUT2D eigenvalue weighted by molar-refractivity contribution is 0.0499. The Morgan fingerprint density at radius 1 is 1.00 bits per heavy atom. The van der Waals surface area contributed by atoms with E-state index in [1.807, 2.05) is 31.2 Å². The first-order valence-electron chi connectivity index (χ1n) is 10.1. The summed E-state index contributed by atoms with van der Waals surface area (Å²) in [6, 6.07) is 17.0. The van der Waals surface area contributed by atoms with Crippen molar-refractivity contribution < 1.29 is 14.6 Å². The monoisotopic (exact) mass is 384 g/mol. The predicted octanol–water partition coefficient (Wildman–Crippen LogP) is 3.16. The number of rotatable bonds is 9. The van der Waals surface area contributed by atoms with E-state index in [1.54, 1.807) is 7.11 Å². The van der Waals surface area contributed by atoms with Gasteiger partial charge in [0, 0.05) is 45.4 Å². The van der Waals surface area contributed by atoms with Crippen LogP contribution < -0.4 is 9.47 Å². The fourth-order valence-electron chi connectivity index (χ4n) is 3.85. The molecule has 28 heavy (non-hydrogen) atoms. The van der Waals surface area contributed by atoms with Crippen LogP contribution in [0.4, 0.5) is 0 Å². The van der Waals surface area contributed by atoms with E-state index < -0.39 is 0 Å². The summed E-state index contributed by atoms with van der Waals surface area (Å²) in [6.07, 6.45) is 0.795. The van der Waals surface area contributed by atoms with Gasteiger partial charge >= 0.3 is 0 Å². The first-order valence-corrected chi connectivity index (χ1v) is 10.1. The molecule has 0 aromatic heterocycles. The molecule has 1 heterocycles. The molecule has 2 aromatic carbocycles. The number of aliphatic hydroxyl groups is 1. The third kappa shape index (κ3) is 5.71. The first-order chi connectivity index (χ1) is 13.7. The number of benzene rings is 2. The average molecular weight is 385 g/mol. The van der Waals surface area contributed by atoms with Crippen LogP contribution in [-0.4, -0.2) is 60.9 Å². The molecule has 0 spiro atoms. The molecule has 1 aliphatic rings. The van der Waals surface area contributed by atoms with Crippen molar-refractivity contribution in [1.82, 2.24) is 9.80 Å². The molecule has 1 aliphatic heterocycles. The van der Waals surface area contributed by atoms with Gasteiger partial charge in [-0.05, 0) is 48.7 Å². The van der Waals surface area contributed by atoms with Crippen molar-refractivity contribution in [1.29, 1.82) is 0 Å². The number of hydrogen-bond donors (Lipinski definition) is 1. The molecule has 0 saturated carbocycles. The average Bonchev–Trinajstić information content (AvgIpc) is 2.72. The van der Waals surface area contributed by atoms with Gasteiger partial charge in [0.15, 0.2) is 0 Å². The second-order valence-corrected chi connectivity index (χ2v) is 7.30. The Kier molecular flexibility index (Phi) is 7.71. The van der Waals surface area contributed by atoms with Gasteiger partial charge in [-0.1, -0.05) is 24.3 Å². The lowest BCUT2D eigenvalue weighted by Crippen LogP contribution is -2.52. The minimum atomic E-state index is 0.218. The summed E-state index contributed by atoms with van der Waals surface area (Å²) in [5, 5.41) is 9.56. The molecule has 1 N–H and O–H groups in total. The van der Waals surface area contributed by atoms with Crippen LogP contribution in [0.25, 0.3) is 0 Å². The van der Waals surface area contributed by atoms with Crippen LogP contribution in [0.3, 0.4) is 0 Å². The van der Waals surface area contributed by atoms with Crippen LogP contribution >= 0.6 is 0 Å². The van der Waals surface area contributed by atoms with Crippen LogP contribution in [0.1, 0.15) is 24.5 Å². The lowest BCUT2D eigenvalue weighted by atomic mass is 10.1. The summed E-state index contributed by atoms with van der Waals surface area (Å²) in [5.41, 5.74) is 2.55. The minimum Gasteiger partial charge on any atom is -0.497 e. The SMILES string of the molecule is CCOc1ccc(CN2CCN(Cc3cccc(OC)c3)C(CCO)C2)cc1. The molecule has 5 heteroatoms. The third-order valence-corrected chi connectivity index (χ3v) is 5.31. The van der Waals surface area contributed by atoms with E-state index in [0.717, 1.165) is 50.6 Å². The fourth-order valence-corrected chi connectivity index (χ4v) is 3.85. The van der Waals surface area contributed by atoms with E-state index in [-0.39, 0.29) is 6.61 Å². The smallest absolute Gasteiger partial charge is 0.119 e. The summed E-state index contributed by atoms with van der Waals surface area (Å²) in [7, 11) is 1.70. The molecule has 0 amide bonds. The van der Waals surface area contributed by atoms with E-state index in [2.05, 4.69) is 34.1 Å². The van der Waals surface area contributed by atoms with Crippen LogP contribution in [0.2, 0.25) is 0 Å². The maximum absolute atomic E-state index is 9.56. The van der Waals surface area contributed by atoms with Crippen molar-refractivity contribution >= 4 is 0 Å². The van der Waals surface area contributed by atoms with Crippen LogP contribution in [0.15, 0.2) is 48.5 Å². The first kappa shape index (κ1) is 20.6. The molecule has 0 bridgehead atoms. The number of piperazine rings is 1. The van der Waals surface area contributed by atoms with Crippen molar-refractivity contribution in [2.45, 2.75) is 32.5 Å². The normalized spacial score (nSPS) is 18.2. The number of ether oxygens (including phenoxy) is 2. The Morgan fingerprint density at radius 3 is 2.54 bits per heavy atom. The molecule has 152 valence electrons. The van der Waals surface area contributed by atoms with Gasteiger partial charge in [0.2, 0.25) is 0 Å². The van der Waals surface area contributed by atoms with E-state index in [4.69, 9.17) is 9.47 Å². The van der Waals surface area contributed by atoms with Gasteiger partial charge in [0.1, 0.15) is 11.5 Å². The molecule has 0 radical (unpaired) electrons. The van der Waals surface area contributed by atoms with Crippen molar-refractivity contribution in [3.05, 3.63) is 59.7 Å². The Labute approximate surface area is 168 Å². The summed E-state index contributed by atoms with van der Waals surface area (Å²) >= 11 is 0. The van der Waals surface area contributed by atoms with Crippen LogP contribution in [-0.2, 0) is 13.1 Å². The quantitative estimate of drug-likeness (QED) is 0.720. The van der Waals surface area contributed by atoms with Gasteiger partial charge in [-0.3, -0.25) is 9.80 Å². The van der Waals surface area contributed by atoms with E-state index in [9.17, 15) is 5.11 Å². The lowest BCUT2D eigenvalue weighted by Gasteiger charge is -2.41. The molecule has 3 rings (SSSR count). The zero-order valence-electron chi connectivity index (χ0n) is 17.0. The highest BCUT2D eigenvalue weighted by molar-refractivity contribution is 5.29. The number of aliphatic hydroxyl groups excluding tert-OH is 1. The second-order valence-electron chi connectivity index (χ2n) is 7.30. The highest BCUT2D eigenvalue weighted by Crippen LogP contribution is 2.21. The van der Waals surface area contributed by atoms with Crippen molar-refractivity contribution in [3.63, 3.8) is 0 Å². The Hall–Kier alpha value is -2.08. The largest absolute Gasteiger partial charge is 0.497 e. The topological polar surface area (TPSA) is 45.2 Å². The van der Waals surface area contributed by atoms with Crippen molar-refractivity contribution in [2.75, 3.05) is 40.0 Å².